The fraction of sp³-hybridized carbons (Fsp3) is 0.381. The van der Waals surface area contributed by atoms with Crippen LogP contribution >= 0.6 is 0 Å². The smallest absolute Gasteiger partial charge is 0.244 e. The van der Waals surface area contributed by atoms with Gasteiger partial charge in [-0.2, -0.15) is 5.26 Å². The predicted octanol–water partition coefficient (Wildman–Crippen LogP) is 2.70. The van der Waals surface area contributed by atoms with Crippen molar-refractivity contribution in [1.29, 1.82) is 5.26 Å². The topological polar surface area (TPSA) is 78.1 Å². The van der Waals surface area contributed by atoms with E-state index in [1.54, 1.807) is 0 Å². The third-order valence-electron chi connectivity index (χ3n) is 4.77. The van der Waals surface area contributed by atoms with Crippen molar-refractivity contribution in [2.45, 2.75) is 32.2 Å². The first kappa shape index (κ1) is 18.7. The summed E-state index contributed by atoms with van der Waals surface area (Å²) in [6.45, 7) is 2.72. The summed E-state index contributed by atoms with van der Waals surface area (Å²) in [5.41, 5.74) is 2.02. The minimum absolute atomic E-state index is 0.142. The lowest BCUT2D eigenvalue weighted by Gasteiger charge is -2.14. The zero-order valence-electron chi connectivity index (χ0n) is 15.4. The number of carbonyl (C=O) groups is 2. The number of amides is 2. The summed E-state index contributed by atoms with van der Waals surface area (Å²) < 4.78 is 2.04. The van der Waals surface area contributed by atoms with Crippen LogP contribution in [0, 0.1) is 11.3 Å². The summed E-state index contributed by atoms with van der Waals surface area (Å²) in [5.74, 6) is 0.0746. The molecule has 1 fully saturated rings. The first-order chi connectivity index (χ1) is 13.2. The molecule has 1 saturated heterocycles. The van der Waals surface area contributed by atoms with E-state index in [1.165, 1.54) is 6.08 Å². The van der Waals surface area contributed by atoms with Crippen LogP contribution in [-0.4, -0.2) is 40.9 Å². The van der Waals surface area contributed by atoms with Crippen LogP contribution in [0.4, 0.5) is 0 Å². The van der Waals surface area contributed by atoms with Gasteiger partial charge in [0.1, 0.15) is 0 Å². The van der Waals surface area contributed by atoms with Crippen molar-refractivity contribution in [2.75, 3.05) is 19.6 Å². The highest BCUT2D eigenvalue weighted by atomic mass is 16.2. The lowest BCUT2D eigenvalue weighted by atomic mass is 10.1. The molecule has 2 heterocycles. The van der Waals surface area contributed by atoms with Crippen molar-refractivity contribution < 1.29 is 9.59 Å². The largest absolute Gasteiger partial charge is 0.352 e. The van der Waals surface area contributed by atoms with E-state index in [-0.39, 0.29) is 11.8 Å². The molecule has 1 aliphatic rings. The van der Waals surface area contributed by atoms with Gasteiger partial charge < -0.3 is 14.8 Å². The maximum atomic E-state index is 12.1. The molecule has 0 unspecified atom stereocenters. The van der Waals surface area contributed by atoms with Gasteiger partial charge in [0.15, 0.2) is 0 Å². The molecule has 1 aromatic carbocycles. The van der Waals surface area contributed by atoms with Crippen molar-refractivity contribution in [3.05, 3.63) is 42.1 Å². The number of nitrogens with one attached hydrogen (secondary N) is 1. The van der Waals surface area contributed by atoms with Crippen molar-refractivity contribution in [3.8, 4) is 6.07 Å². The standard InChI is InChI=1S/C21H24N4O2/c22-11-4-14-25-16-17(18-6-1-2-7-19(18)25)9-10-20(26)23-12-5-15-24-13-3-8-21(24)27/h1-2,6-7,9-10,16H,3-5,8,12-15H2,(H,23,26)/b10-9+. The Morgan fingerprint density at radius 3 is 2.93 bits per heavy atom. The summed E-state index contributed by atoms with van der Waals surface area (Å²) in [6.07, 6.45) is 8.13. The number of nitrogens with zero attached hydrogens (tertiary/aromatic N) is 3. The maximum absolute atomic E-state index is 12.1. The van der Waals surface area contributed by atoms with E-state index < -0.39 is 0 Å². The van der Waals surface area contributed by atoms with Crippen LogP contribution in [0.15, 0.2) is 36.5 Å². The molecule has 0 bridgehead atoms. The first-order valence-corrected chi connectivity index (χ1v) is 9.37. The Balaban J connectivity index is 1.54. The molecule has 6 heteroatoms. The van der Waals surface area contributed by atoms with Crippen LogP contribution in [0.2, 0.25) is 0 Å². The van der Waals surface area contributed by atoms with Gasteiger partial charge in [0.25, 0.3) is 0 Å². The second-order valence-electron chi connectivity index (χ2n) is 6.67. The van der Waals surface area contributed by atoms with Gasteiger partial charge in [-0.3, -0.25) is 9.59 Å². The van der Waals surface area contributed by atoms with E-state index in [0.29, 0.717) is 32.5 Å². The minimum atomic E-state index is -0.142. The first-order valence-electron chi connectivity index (χ1n) is 9.37. The van der Waals surface area contributed by atoms with Crippen molar-refractivity contribution in [2.24, 2.45) is 0 Å². The Labute approximate surface area is 159 Å². The average Bonchev–Trinajstić information content (AvgIpc) is 3.25. The molecule has 0 radical (unpaired) electrons. The van der Waals surface area contributed by atoms with Gasteiger partial charge in [0.05, 0.1) is 12.5 Å². The Bertz CT molecular complexity index is 891. The summed E-state index contributed by atoms with van der Waals surface area (Å²) in [4.78, 5) is 25.5. The Morgan fingerprint density at radius 2 is 2.15 bits per heavy atom. The third kappa shape index (κ3) is 4.76. The monoisotopic (exact) mass is 364 g/mol. The van der Waals surface area contributed by atoms with E-state index in [1.807, 2.05) is 46.0 Å². The van der Waals surface area contributed by atoms with Crippen LogP contribution in [0.3, 0.4) is 0 Å². The molecule has 0 aliphatic carbocycles. The van der Waals surface area contributed by atoms with Gasteiger partial charge in [-0.25, -0.2) is 0 Å². The summed E-state index contributed by atoms with van der Waals surface area (Å²) in [6, 6.07) is 10.1. The Kier molecular flexibility index (Phi) is 6.26. The van der Waals surface area contributed by atoms with Crippen molar-refractivity contribution in [1.82, 2.24) is 14.8 Å². The predicted molar refractivity (Wildman–Crippen MR) is 105 cm³/mol. The van der Waals surface area contributed by atoms with Gasteiger partial charge >= 0.3 is 0 Å². The van der Waals surface area contributed by atoms with E-state index >= 15 is 0 Å². The van der Waals surface area contributed by atoms with E-state index in [0.717, 1.165) is 35.9 Å². The Hall–Kier alpha value is -3.07. The number of benzene rings is 1. The molecule has 0 saturated carbocycles. The number of para-hydroxylation sites is 1. The van der Waals surface area contributed by atoms with Gasteiger partial charge in [0, 0.05) is 61.3 Å². The molecule has 2 aromatic rings. The molecule has 27 heavy (non-hydrogen) atoms. The van der Waals surface area contributed by atoms with Crippen LogP contribution in [0.1, 0.15) is 31.2 Å². The van der Waals surface area contributed by atoms with Gasteiger partial charge in [-0.15, -0.1) is 0 Å². The zero-order chi connectivity index (χ0) is 19.1. The SMILES string of the molecule is N#CCCn1cc(/C=C/C(=O)NCCCN2CCCC2=O)c2ccccc21. The second kappa shape index (κ2) is 9.04. The number of rotatable bonds is 8. The molecule has 140 valence electrons. The molecular weight excluding hydrogens is 340 g/mol. The number of aromatic nitrogens is 1. The summed E-state index contributed by atoms with van der Waals surface area (Å²) >= 11 is 0. The van der Waals surface area contributed by atoms with Gasteiger partial charge in [0.2, 0.25) is 11.8 Å². The quantitative estimate of drug-likeness (QED) is 0.578. The molecular formula is C21H24N4O2. The highest BCUT2D eigenvalue weighted by molar-refractivity contribution is 5.96. The lowest BCUT2D eigenvalue weighted by molar-refractivity contribution is -0.127. The van der Waals surface area contributed by atoms with E-state index in [2.05, 4.69) is 11.4 Å². The molecule has 1 aliphatic heterocycles. The highest BCUT2D eigenvalue weighted by Gasteiger charge is 2.18. The summed E-state index contributed by atoms with van der Waals surface area (Å²) in [5, 5.41) is 12.7. The number of nitriles is 1. The number of hydrogen-bond acceptors (Lipinski definition) is 3. The van der Waals surface area contributed by atoms with E-state index in [4.69, 9.17) is 5.26 Å². The zero-order valence-corrected chi connectivity index (χ0v) is 15.4. The van der Waals surface area contributed by atoms with Crippen LogP contribution < -0.4 is 5.32 Å². The molecule has 0 spiro atoms. The minimum Gasteiger partial charge on any atom is -0.352 e. The van der Waals surface area contributed by atoms with Crippen molar-refractivity contribution >= 4 is 28.8 Å². The highest BCUT2D eigenvalue weighted by Crippen LogP contribution is 2.22. The molecule has 1 aromatic heterocycles. The molecule has 2 amide bonds. The normalized spacial score (nSPS) is 14.2. The number of carbonyl (C=O) groups excluding carboxylic acids is 2. The summed E-state index contributed by atoms with van der Waals surface area (Å²) in [7, 11) is 0. The Morgan fingerprint density at radius 1 is 1.30 bits per heavy atom. The molecule has 6 nitrogen and oxygen atoms in total. The fourth-order valence-electron chi connectivity index (χ4n) is 3.41. The van der Waals surface area contributed by atoms with Gasteiger partial charge in [-0.05, 0) is 25.0 Å². The van der Waals surface area contributed by atoms with E-state index in [9.17, 15) is 9.59 Å². The number of fused-ring (bicyclic) bond motifs is 1. The van der Waals surface area contributed by atoms with Crippen molar-refractivity contribution in [3.63, 3.8) is 0 Å². The van der Waals surface area contributed by atoms with Gasteiger partial charge in [-0.1, -0.05) is 18.2 Å². The third-order valence-corrected chi connectivity index (χ3v) is 4.77. The van der Waals surface area contributed by atoms with Crippen LogP contribution in [0.5, 0.6) is 0 Å². The number of hydrogen-bond donors (Lipinski definition) is 1. The molecule has 0 atom stereocenters. The molecule has 3 rings (SSSR count). The fourth-order valence-corrected chi connectivity index (χ4v) is 3.41. The number of aryl methyl sites for hydroxylation is 1. The maximum Gasteiger partial charge on any atom is 0.244 e. The number of likely N-dealkylation sites (tertiary alicyclic amines) is 1. The second-order valence-corrected chi connectivity index (χ2v) is 6.67. The lowest BCUT2D eigenvalue weighted by Crippen LogP contribution is -2.29. The average molecular weight is 364 g/mol. The van der Waals surface area contributed by atoms with Crippen LogP contribution in [0.25, 0.3) is 17.0 Å². The van der Waals surface area contributed by atoms with Crippen LogP contribution in [-0.2, 0) is 16.1 Å². The molecule has 1 N–H and O–H groups in total.